The van der Waals surface area contributed by atoms with Crippen molar-refractivity contribution < 1.29 is 17.9 Å². The summed E-state index contributed by atoms with van der Waals surface area (Å²) in [5.41, 5.74) is 2.60. The molecule has 2 aromatic rings. The highest BCUT2D eigenvalue weighted by atomic mass is 32.2. The van der Waals surface area contributed by atoms with Crippen LogP contribution in [0.25, 0.3) is 0 Å². The van der Waals surface area contributed by atoms with Crippen LogP contribution < -0.4 is 4.74 Å². The molecule has 0 aliphatic carbocycles. The van der Waals surface area contributed by atoms with Gasteiger partial charge in [-0.3, -0.25) is 4.79 Å². The number of fused-ring (bicyclic) bond motifs is 1. The van der Waals surface area contributed by atoms with Gasteiger partial charge in [0.15, 0.2) is 0 Å². The van der Waals surface area contributed by atoms with Gasteiger partial charge in [0.2, 0.25) is 0 Å². The summed E-state index contributed by atoms with van der Waals surface area (Å²) in [7, 11) is -3.77. The van der Waals surface area contributed by atoms with Gasteiger partial charge in [-0.05, 0) is 48.2 Å². The molecule has 0 unspecified atom stereocenters. The molecule has 0 saturated heterocycles. The highest BCUT2D eigenvalue weighted by Gasteiger charge is 2.40. The van der Waals surface area contributed by atoms with Gasteiger partial charge in [0.25, 0.3) is 15.9 Å². The third-order valence-corrected chi connectivity index (χ3v) is 6.18. The maximum absolute atomic E-state index is 12.5. The Morgan fingerprint density at radius 2 is 1.84 bits per heavy atom. The van der Waals surface area contributed by atoms with E-state index < -0.39 is 15.9 Å². The highest BCUT2D eigenvalue weighted by molar-refractivity contribution is 7.90. The topological polar surface area (TPSA) is 63.7 Å². The van der Waals surface area contributed by atoms with Crippen LogP contribution in [0.4, 0.5) is 0 Å². The molecule has 0 radical (unpaired) electrons. The second kappa shape index (κ2) is 6.52. The van der Waals surface area contributed by atoms with Gasteiger partial charge >= 0.3 is 0 Å². The molecule has 0 aromatic heterocycles. The fourth-order valence-corrected chi connectivity index (χ4v) is 4.64. The normalized spacial score (nSPS) is 15.5. The molecule has 0 atom stereocenters. The zero-order valence-electron chi connectivity index (χ0n) is 14.5. The van der Waals surface area contributed by atoms with Gasteiger partial charge < -0.3 is 4.74 Å². The summed E-state index contributed by atoms with van der Waals surface area (Å²) >= 11 is 0. The lowest BCUT2D eigenvalue weighted by atomic mass is 9.98. The number of benzene rings is 2. The summed E-state index contributed by atoms with van der Waals surface area (Å²) < 4.78 is 31.5. The summed E-state index contributed by atoms with van der Waals surface area (Å²) in [5.74, 6) is 0.605. The maximum atomic E-state index is 12.5. The van der Waals surface area contributed by atoms with E-state index in [0.29, 0.717) is 11.7 Å². The van der Waals surface area contributed by atoms with Crippen LogP contribution in [0, 0.1) is 6.92 Å². The molecule has 3 rings (SSSR count). The van der Waals surface area contributed by atoms with E-state index in [9.17, 15) is 13.2 Å². The molecular formula is C19H21NO4S. The van der Waals surface area contributed by atoms with Crippen molar-refractivity contribution in [3.05, 3.63) is 59.2 Å². The molecule has 0 bridgehead atoms. The minimum Gasteiger partial charge on any atom is -0.492 e. The van der Waals surface area contributed by atoms with Crippen molar-refractivity contribution >= 4 is 15.9 Å². The van der Waals surface area contributed by atoms with E-state index in [0.717, 1.165) is 9.87 Å². The number of aryl methyl sites for hydroxylation is 1. The molecule has 25 heavy (non-hydrogen) atoms. The number of hydrogen-bond donors (Lipinski definition) is 0. The number of ether oxygens (including phenoxy) is 1. The molecule has 1 amide bonds. The molecule has 6 heteroatoms. The molecule has 1 aliphatic heterocycles. The predicted molar refractivity (Wildman–Crippen MR) is 95.4 cm³/mol. The first-order chi connectivity index (χ1) is 11.8. The van der Waals surface area contributed by atoms with E-state index in [1.807, 2.05) is 25.1 Å². The number of sulfonamides is 1. The molecule has 5 nitrogen and oxygen atoms in total. The van der Waals surface area contributed by atoms with Crippen molar-refractivity contribution in [3.8, 4) is 5.75 Å². The standard InChI is InChI=1S/C19H21NO4S/c1-13(2)16-9-8-15(12-14(16)3)24-11-10-20-19(21)17-6-4-5-7-18(17)25(20,22)23/h4-9,12-13H,10-11H2,1-3H3. The Hall–Kier alpha value is -2.34. The Morgan fingerprint density at radius 1 is 1.12 bits per heavy atom. The summed E-state index contributed by atoms with van der Waals surface area (Å²) in [6.07, 6.45) is 0. The van der Waals surface area contributed by atoms with Crippen LogP contribution in [0.2, 0.25) is 0 Å². The molecule has 0 fully saturated rings. The summed E-state index contributed by atoms with van der Waals surface area (Å²) in [5, 5.41) is 0. The molecule has 0 saturated carbocycles. The molecular weight excluding hydrogens is 338 g/mol. The number of amides is 1. The van der Waals surface area contributed by atoms with Gasteiger partial charge in [-0.25, -0.2) is 12.7 Å². The van der Waals surface area contributed by atoms with E-state index in [2.05, 4.69) is 13.8 Å². The van der Waals surface area contributed by atoms with E-state index >= 15 is 0 Å². The molecule has 2 aromatic carbocycles. The van der Waals surface area contributed by atoms with Gasteiger partial charge in [-0.15, -0.1) is 0 Å². The smallest absolute Gasteiger partial charge is 0.269 e. The molecule has 1 aliphatic rings. The first-order valence-corrected chi connectivity index (χ1v) is 9.66. The Balaban J connectivity index is 1.69. The molecule has 1 heterocycles. The fourth-order valence-electron chi connectivity index (χ4n) is 3.08. The van der Waals surface area contributed by atoms with Crippen molar-refractivity contribution in [3.63, 3.8) is 0 Å². The number of carbonyl (C=O) groups excluding carboxylic acids is 1. The number of rotatable bonds is 5. The van der Waals surface area contributed by atoms with Gasteiger partial charge in [0, 0.05) is 0 Å². The van der Waals surface area contributed by atoms with Crippen molar-refractivity contribution in [2.45, 2.75) is 31.6 Å². The van der Waals surface area contributed by atoms with E-state index in [-0.39, 0.29) is 23.6 Å². The fraction of sp³-hybridized carbons (Fsp3) is 0.316. The van der Waals surface area contributed by atoms with Gasteiger partial charge in [-0.2, -0.15) is 0 Å². The quantitative estimate of drug-likeness (QED) is 0.821. The molecule has 0 N–H and O–H groups in total. The largest absolute Gasteiger partial charge is 0.492 e. The summed E-state index contributed by atoms with van der Waals surface area (Å²) in [6.45, 7) is 6.38. The SMILES string of the molecule is Cc1cc(OCCN2C(=O)c3ccccc3S2(=O)=O)ccc1C(C)C. The summed E-state index contributed by atoms with van der Waals surface area (Å²) in [4.78, 5) is 12.4. The zero-order valence-corrected chi connectivity index (χ0v) is 15.3. The van der Waals surface area contributed by atoms with Crippen LogP contribution in [0.1, 0.15) is 41.3 Å². The van der Waals surface area contributed by atoms with Gasteiger partial charge in [0.05, 0.1) is 12.1 Å². The van der Waals surface area contributed by atoms with E-state index in [1.54, 1.807) is 12.1 Å². The Bertz CT molecular complexity index is 919. The van der Waals surface area contributed by atoms with E-state index in [4.69, 9.17) is 4.74 Å². The highest BCUT2D eigenvalue weighted by Crippen LogP contribution is 2.29. The van der Waals surface area contributed by atoms with Crippen molar-refractivity contribution in [1.82, 2.24) is 4.31 Å². The molecule has 0 spiro atoms. The average Bonchev–Trinajstić information content (AvgIpc) is 2.76. The van der Waals surface area contributed by atoms with Crippen LogP contribution in [0.15, 0.2) is 47.4 Å². The predicted octanol–water partition coefficient (Wildman–Crippen LogP) is 3.34. The Labute approximate surface area is 148 Å². The second-order valence-corrected chi connectivity index (χ2v) is 8.23. The average molecular weight is 359 g/mol. The first-order valence-electron chi connectivity index (χ1n) is 8.22. The van der Waals surface area contributed by atoms with Crippen molar-refractivity contribution in [2.75, 3.05) is 13.2 Å². The lowest BCUT2D eigenvalue weighted by molar-refractivity contribution is 0.0857. The van der Waals surface area contributed by atoms with Crippen molar-refractivity contribution in [1.29, 1.82) is 0 Å². The first kappa shape index (κ1) is 17.5. The van der Waals surface area contributed by atoms with Crippen LogP contribution in [0.3, 0.4) is 0 Å². The summed E-state index contributed by atoms with van der Waals surface area (Å²) in [6, 6.07) is 12.1. The van der Waals surface area contributed by atoms with Crippen LogP contribution >= 0.6 is 0 Å². The monoisotopic (exact) mass is 359 g/mol. The Morgan fingerprint density at radius 3 is 2.48 bits per heavy atom. The van der Waals surface area contributed by atoms with Gasteiger partial charge in [0.1, 0.15) is 17.3 Å². The lowest BCUT2D eigenvalue weighted by Crippen LogP contribution is -2.33. The lowest BCUT2D eigenvalue weighted by Gasteiger charge is -2.16. The third-order valence-electron chi connectivity index (χ3n) is 4.34. The maximum Gasteiger partial charge on any atom is 0.269 e. The van der Waals surface area contributed by atoms with Crippen LogP contribution in [0.5, 0.6) is 5.75 Å². The van der Waals surface area contributed by atoms with Gasteiger partial charge in [-0.1, -0.05) is 32.0 Å². The van der Waals surface area contributed by atoms with Crippen molar-refractivity contribution in [2.24, 2.45) is 0 Å². The minimum absolute atomic E-state index is 0.0131. The second-order valence-electron chi connectivity index (χ2n) is 6.40. The number of nitrogens with zero attached hydrogens (tertiary/aromatic N) is 1. The van der Waals surface area contributed by atoms with Crippen LogP contribution in [-0.4, -0.2) is 31.8 Å². The van der Waals surface area contributed by atoms with E-state index in [1.165, 1.54) is 17.7 Å². The van der Waals surface area contributed by atoms with Crippen LogP contribution in [-0.2, 0) is 10.0 Å². The Kier molecular flexibility index (Phi) is 4.56. The third kappa shape index (κ3) is 3.14. The molecule has 132 valence electrons. The number of carbonyl (C=O) groups is 1. The number of hydrogen-bond acceptors (Lipinski definition) is 4. The minimum atomic E-state index is -3.77. The zero-order chi connectivity index (χ0) is 18.2.